The Hall–Kier alpha value is -2.44. The number of anilines is 1. The molecule has 1 amide bonds. The van der Waals surface area contributed by atoms with E-state index in [-0.39, 0.29) is 18.1 Å². The molecular weight excluding hydrogens is 214 g/mol. The molecule has 1 heterocycles. The Labute approximate surface area is 90.8 Å². The molecule has 1 rings (SSSR count). The van der Waals surface area contributed by atoms with Gasteiger partial charge in [0, 0.05) is 6.07 Å². The van der Waals surface area contributed by atoms with Crippen LogP contribution in [0.1, 0.15) is 10.5 Å². The first-order chi connectivity index (χ1) is 7.63. The maximum Gasteiger partial charge on any atom is 0.413 e. The van der Waals surface area contributed by atoms with Gasteiger partial charge < -0.3 is 9.84 Å². The minimum absolute atomic E-state index is 0.0569. The van der Waals surface area contributed by atoms with Gasteiger partial charge in [-0.05, 0) is 0 Å². The summed E-state index contributed by atoms with van der Waals surface area (Å²) in [5.74, 6) is -1.15. The summed E-state index contributed by atoms with van der Waals surface area (Å²) < 4.78 is 4.62. The fraction of sp³-hybridized carbons (Fsp3) is 0.111. The molecule has 84 valence electrons. The molecule has 0 aliphatic carbocycles. The van der Waals surface area contributed by atoms with Crippen molar-refractivity contribution in [3.63, 3.8) is 0 Å². The largest absolute Gasteiger partial charge is 0.477 e. The maximum atomic E-state index is 11.1. The van der Waals surface area contributed by atoms with E-state index in [4.69, 9.17) is 5.11 Å². The lowest BCUT2D eigenvalue weighted by molar-refractivity contribution is 0.0690. The molecule has 7 heteroatoms. The zero-order valence-corrected chi connectivity index (χ0v) is 8.21. The standard InChI is InChI=1S/C9H9N3O4/c1-2-3-16-9(15)12-7-4-6(8(13)14)10-5-11-7/h2,4-5H,1,3H2,(H,13,14)(H,10,11,12,15). The summed E-state index contributed by atoms with van der Waals surface area (Å²) in [5.41, 5.74) is -0.214. The van der Waals surface area contributed by atoms with Crippen molar-refractivity contribution in [2.24, 2.45) is 0 Å². The molecule has 0 saturated heterocycles. The van der Waals surface area contributed by atoms with E-state index in [9.17, 15) is 9.59 Å². The Morgan fingerprint density at radius 3 is 2.94 bits per heavy atom. The van der Waals surface area contributed by atoms with Crippen LogP contribution in [0.3, 0.4) is 0 Å². The molecule has 0 bridgehead atoms. The number of hydrogen-bond acceptors (Lipinski definition) is 5. The second kappa shape index (κ2) is 5.44. The molecule has 0 aliphatic heterocycles. The number of aromatic carboxylic acids is 1. The zero-order chi connectivity index (χ0) is 12.0. The van der Waals surface area contributed by atoms with Gasteiger partial charge in [0.2, 0.25) is 0 Å². The summed E-state index contributed by atoms with van der Waals surface area (Å²) in [6.07, 6.45) is 1.70. The smallest absolute Gasteiger partial charge is 0.413 e. The van der Waals surface area contributed by atoms with Crippen molar-refractivity contribution in [1.82, 2.24) is 9.97 Å². The fourth-order valence-corrected chi connectivity index (χ4v) is 0.818. The van der Waals surface area contributed by atoms with Crippen LogP contribution < -0.4 is 5.32 Å². The van der Waals surface area contributed by atoms with Crippen LogP contribution in [-0.4, -0.2) is 33.7 Å². The van der Waals surface area contributed by atoms with Crippen molar-refractivity contribution in [1.29, 1.82) is 0 Å². The Morgan fingerprint density at radius 1 is 1.56 bits per heavy atom. The van der Waals surface area contributed by atoms with Crippen LogP contribution in [0.2, 0.25) is 0 Å². The Bertz CT molecular complexity index is 419. The molecule has 1 aromatic heterocycles. The molecule has 0 aliphatic rings. The average molecular weight is 223 g/mol. The van der Waals surface area contributed by atoms with Gasteiger partial charge in [-0.1, -0.05) is 12.7 Å². The van der Waals surface area contributed by atoms with Crippen molar-refractivity contribution in [3.05, 3.63) is 30.7 Å². The average Bonchev–Trinajstić information content (AvgIpc) is 2.26. The van der Waals surface area contributed by atoms with Gasteiger partial charge in [0.1, 0.15) is 18.8 Å². The first kappa shape index (κ1) is 11.6. The number of hydrogen-bond donors (Lipinski definition) is 2. The van der Waals surface area contributed by atoms with Crippen LogP contribution in [0.5, 0.6) is 0 Å². The van der Waals surface area contributed by atoms with Gasteiger partial charge >= 0.3 is 12.1 Å². The number of carbonyl (C=O) groups excluding carboxylic acids is 1. The number of amides is 1. The first-order valence-electron chi connectivity index (χ1n) is 4.23. The second-order valence-electron chi connectivity index (χ2n) is 2.61. The van der Waals surface area contributed by atoms with Crippen LogP contribution in [0.4, 0.5) is 10.6 Å². The summed E-state index contributed by atoms with van der Waals surface area (Å²) in [7, 11) is 0. The van der Waals surface area contributed by atoms with Crippen molar-refractivity contribution >= 4 is 17.9 Å². The minimum atomic E-state index is -1.20. The summed E-state index contributed by atoms with van der Waals surface area (Å²) >= 11 is 0. The SMILES string of the molecule is C=CCOC(=O)Nc1cc(C(=O)O)ncn1. The third-order valence-electron chi connectivity index (χ3n) is 1.45. The Morgan fingerprint density at radius 2 is 2.31 bits per heavy atom. The van der Waals surface area contributed by atoms with E-state index in [2.05, 4.69) is 26.6 Å². The number of carboxylic acid groups (broad SMARTS) is 1. The van der Waals surface area contributed by atoms with E-state index in [0.717, 1.165) is 12.4 Å². The topological polar surface area (TPSA) is 101 Å². The number of carboxylic acids is 1. The summed E-state index contributed by atoms with van der Waals surface area (Å²) in [6.45, 7) is 3.43. The molecule has 0 aromatic carbocycles. The first-order valence-corrected chi connectivity index (χ1v) is 4.23. The summed E-state index contributed by atoms with van der Waals surface area (Å²) in [6, 6.07) is 1.12. The third-order valence-corrected chi connectivity index (χ3v) is 1.45. The van der Waals surface area contributed by atoms with Crippen LogP contribution in [0, 0.1) is 0 Å². The van der Waals surface area contributed by atoms with E-state index >= 15 is 0 Å². The van der Waals surface area contributed by atoms with Crippen LogP contribution in [0.15, 0.2) is 25.0 Å². The van der Waals surface area contributed by atoms with Crippen molar-refractivity contribution in [2.45, 2.75) is 0 Å². The van der Waals surface area contributed by atoms with Gasteiger partial charge in [-0.3, -0.25) is 5.32 Å². The number of aromatic nitrogens is 2. The number of nitrogens with one attached hydrogen (secondary N) is 1. The molecule has 1 aromatic rings. The molecule has 16 heavy (non-hydrogen) atoms. The van der Waals surface area contributed by atoms with Crippen molar-refractivity contribution in [2.75, 3.05) is 11.9 Å². The van der Waals surface area contributed by atoms with Gasteiger partial charge in [0.25, 0.3) is 0 Å². The predicted molar refractivity (Wildman–Crippen MR) is 54.2 cm³/mol. The Kier molecular flexibility index (Phi) is 3.96. The molecule has 0 saturated carbocycles. The summed E-state index contributed by atoms with van der Waals surface area (Å²) in [5, 5.41) is 10.9. The highest BCUT2D eigenvalue weighted by Crippen LogP contribution is 2.04. The third kappa shape index (κ3) is 3.37. The quantitative estimate of drug-likeness (QED) is 0.735. The molecule has 0 radical (unpaired) electrons. The highest BCUT2D eigenvalue weighted by molar-refractivity contribution is 5.88. The van der Waals surface area contributed by atoms with E-state index in [1.165, 1.54) is 6.08 Å². The van der Waals surface area contributed by atoms with Gasteiger partial charge in [0.05, 0.1) is 0 Å². The molecule has 0 spiro atoms. The van der Waals surface area contributed by atoms with E-state index < -0.39 is 12.1 Å². The molecule has 7 nitrogen and oxygen atoms in total. The van der Waals surface area contributed by atoms with E-state index in [1.54, 1.807) is 0 Å². The number of nitrogens with zero attached hydrogens (tertiary/aromatic N) is 2. The highest BCUT2D eigenvalue weighted by atomic mass is 16.5. The lowest BCUT2D eigenvalue weighted by Crippen LogP contribution is -2.15. The van der Waals surface area contributed by atoms with Gasteiger partial charge in [-0.15, -0.1) is 0 Å². The van der Waals surface area contributed by atoms with Crippen LogP contribution >= 0.6 is 0 Å². The van der Waals surface area contributed by atoms with Gasteiger partial charge in [-0.25, -0.2) is 19.6 Å². The highest BCUT2D eigenvalue weighted by Gasteiger charge is 2.08. The fourth-order valence-electron chi connectivity index (χ4n) is 0.818. The normalized spacial score (nSPS) is 9.25. The number of carbonyl (C=O) groups is 2. The zero-order valence-electron chi connectivity index (χ0n) is 8.21. The van der Waals surface area contributed by atoms with Gasteiger partial charge in [-0.2, -0.15) is 0 Å². The van der Waals surface area contributed by atoms with Crippen molar-refractivity contribution in [3.8, 4) is 0 Å². The lowest BCUT2D eigenvalue weighted by atomic mass is 10.4. The van der Waals surface area contributed by atoms with E-state index in [0.29, 0.717) is 0 Å². The molecule has 0 fully saturated rings. The maximum absolute atomic E-state index is 11.1. The minimum Gasteiger partial charge on any atom is -0.477 e. The van der Waals surface area contributed by atoms with Crippen molar-refractivity contribution < 1.29 is 19.4 Å². The van der Waals surface area contributed by atoms with E-state index in [1.807, 2.05) is 0 Å². The lowest BCUT2D eigenvalue weighted by Gasteiger charge is -2.04. The van der Waals surface area contributed by atoms with Gasteiger partial charge in [0.15, 0.2) is 5.69 Å². The molecule has 0 atom stereocenters. The molecular formula is C9H9N3O4. The Balaban J connectivity index is 2.66. The summed E-state index contributed by atoms with van der Waals surface area (Å²) in [4.78, 5) is 28.8. The van der Waals surface area contributed by atoms with Crippen LogP contribution in [0.25, 0.3) is 0 Å². The number of rotatable bonds is 4. The molecule has 0 unspecified atom stereocenters. The van der Waals surface area contributed by atoms with Crippen LogP contribution in [-0.2, 0) is 4.74 Å². The predicted octanol–water partition coefficient (Wildman–Crippen LogP) is 0.909. The molecule has 2 N–H and O–H groups in total. The second-order valence-corrected chi connectivity index (χ2v) is 2.61. The monoisotopic (exact) mass is 223 g/mol. The number of ether oxygens (including phenoxy) is 1.